The number of nitrogens with zero attached hydrogens (tertiary/aromatic N) is 4. The van der Waals surface area contributed by atoms with Crippen LogP contribution in [-0.2, 0) is 13.0 Å². The van der Waals surface area contributed by atoms with E-state index in [2.05, 4.69) is 20.1 Å². The summed E-state index contributed by atoms with van der Waals surface area (Å²) in [6.45, 7) is 2.90. The normalized spacial score (nSPS) is 22.7. The van der Waals surface area contributed by atoms with Gasteiger partial charge in [-0.3, -0.25) is 0 Å². The van der Waals surface area contributed by atoms with E-state index >= 15 is 0 Å². The number of nitrogens with one attached hydrogen (secondary N) is 1. The van der Waals surface area contributed by atoms with E-state index in [0.717, 1.165) is 50.3 Å². The summed E-state index contributed by atoms with van der Waals surface area (Å²) in [4.78, 5) is 14.4. The molecule has 0 bridgehead atoms. The Balaban J connectivity index is 1.56. The monoisotopic (exact) mass is 305 g/mol. The van der Waals surface area contributed by atoms with Crippen molar-refractivity contribution in [2.24, 2.45) is 0 Å². The maximum Gasteiger partial charge on any atom is 0.317 e. The van der Waals surface area contributed by atoms with Crippen LogP contribution in [0.1, 0.15) is 56.6 Å². The number of carbonyl (C=O) groups excluding carboxylic acids is 1. The number of fused-ring (bicyclic) bond motifs is 1. The lowest BCUT2D eigenvalue weighted by atomic mass is 9.96. The van der Waals surface area contributed by atoms with Gasteiger partial charge in [0.15, 0.2) is 0 Å². The Kier molecular flexibility index (Phi) is 4.64. The second kappa shape index (κ2) is 6.67. The minimum Gasteiger partial charge on any atom is -0.335 e. The fourth-order valence-electron chi connectivity index (χ4n) is 3.70. The van der Waals surface area contributed by atoms with Gasteiger partial charge in [-0.1, -0.05) is 19.3 Å². The van der Waals surface area contributed by atoms with Crippen molar-refractivity contribution in [1.29, 1.82) is 0 Å². The van der Waals surface area contributed by atoms with Gasteiger partial charge in [-0.15, -0.1) is 10.2 Å². The van der Waals surface area contributed by atoms with Crippen LogP contribution < -0.4 is 5.32 Å². The molecule has 2 amide bonds. The summed E-state index contributed by atoms with van der Waals surface area (Å²) in [7, 11) is 1.93. The summed E-state index contributed by atoms with van der Waals surface area (Å²) in [5.74, 6) is 2.03. The van der Waals surface area contributed by atoms with Gasteiger partial charge in [0.1, 0.15) is 11.6 Å². The van der Waals surface area contributed by atoms with Gasteiger partial charge in [0.25, 0.3) is 0 Å². The lowest BCUT2D eigenvalue weighted by Crippen LogP contribution is -2.48. The lowest BCUT2D eigenvalue weighted by molar-refractivity contribution is 0.176. The third-order valence-electron chi connectivity index (χ3n) is 5.20. The van der Waals surface area contributed by atoms with Crippen LogP contribution in [0.15, 0.2) is 0 Å². The maximum atomic E-state index is 12.5. The molecule has 0 saturated heterocycles. The average molecular weight is 305 g/mol. The SMILES string of the molecule is Cc1nnc2n1CCC(N(C)C(=O)NC1CCCCC1)CC2. The Labute approximate surface area is 132 Å². The van der Waals surface area contributed by atoms with Gasteiger partial charge in [0.05, 0.1) is 0 Å². The number of hydrogen-bond donors (Lipinski definition) is 1. The largest absolute Gasteiger partial charge is 0.335 e. The third kappa shape index (κ3) is 3.25. The molecule has 1 aliphatic heterocycles. The first-order valence-corrected chi connectivity index (χ1v) is 8.57. The predicted molar refractivity (Wildman–Crippen MR) is 84.7 cm³/mol. The fraction of sp³-hybridized carbons (Fsp3) is 0.812. The molecule has 2 heterocycles. The second-order valence-electron chi connectivity index (χ2n) is 6.69. The number of rotatable bonds is 2. The van der Waals surface area contributed by atoms with Crippen molar-refractivity contribution >= 4 is 6.03 Å². The van der Waals surface area contributed by atoms with E-state index < -0.39 is 0 Å². The highest BCUT2D eigenvalue weighted by atomic mass is 16.2. The zero-order chi connectivity index (χ0) is 15.5. The molecular weight excluding hydrogens is 278 g/mol. The van der Waals surface area contributed by atoms with Gasteiger partial charge in [-0.2, -0.15) is 0 Å². The molecule has 6 nitrogen and oxygen atoms in total. The Morgan fingerprint density at radius 1 is 1.18 bits per heavy atom. The fourth-order valence-corrected chi connectivity index (χ4v) is 3.70. The van der Waals surface area contributed by atoms with E-state index in [1.54, 1.807) is 0 Å². The molecule has 6 heteroatoms. The third-order valence-corrected chi connectivity index (χ3v) is 5.20. The van der Waals surface area contributed by atoms with Crippen molar-refractivity contribution in [3.8, 4) is 0 Å². The molecule has 1 aromatic rings. The summed E-state index contributed by atoms with van der Waals surface area (Å²) in [6, 6.07) is 0.743. The molecule has 0 radical (unpaired) electrons. The highest BCUT2D eigenvalue weighted by molar-refractivity contribution is 5.74. The molecule has 1 unspecified atom stereocenters. The van der Waals surface area contributed by atoms with Crippen LogP contribution >= 0.6 is 0 Å². The van der Waals surface area contributed by atoms with Crippen LogP contribution in [0, 0.1) is 6.92 Å². The molecule has 0 spiro atoms. The summed E-state index contributed by atoms with van der Waals surface area (Å²) in [6.07, 6.45) is 8.88. The zero-order valence-corrected chi connectivity index (χ0v) is 13.7. The summed E-state index contributed by atoms with van der Waals surface area (Å²) in [5, 5.41) is 11.6. The van der Waals surface area contributed by atoms with Gasteiger partial charge in [0.2, 0.25) is 0 Å². The molecule has 1 fully saturated rings. The highest BCUT2D eigenvalue weighted by Gasteiger charge is 2.26. The quantitative estimate of drug-likeness (QED) is 0.911. The van der Waals surface area contributed by atoms with Gasteiger partial charge in [-0.05, 0) is 32.6 Å². The first kappa shape index (κ1) is 15.3. The van der Waals surface area contributed by atoms with Crippen molar-refractivity contribution in [2.45, 2.75) is 76.9 Å². The molecule has 1 saturated carbocycles. The van der Waals surface area contributed by atoms with Gasteiger partial charge >= 0.3 is 6.03 Å². The Hall–Kier alpha value is -1.59. The van der Waals surface area contributed by atoms with Crippen LogP contribution in [0.25, 0.3) is 0 Å². The first-order chi connectivity index (χ1) is 10.6. The number of aryl methyl sites for hydroxylation is 2. The molecule has 0 aromatic carbocycles. The number of aromatic nitrogens is 3. The first-order valence-electron chi connectivity index (χ1n) is 8.57. The molecule has 3 rings (SSSR count). The number of hydrogen-bond acceptors (Lipinski definition) is 3. The Bertz CT molecular complexity index is 521. The van der Waals surface area contributed by atoms with Crippen molar-refractivity contribution < 1.29 is 4.79 Å². The van der Waals surface area contributed by atoms with Crippen LogP contribution in [0.5, 0.6) is 0 Å². The predicted octanol–water partition coefficient (Wildman–Crippen LogP) is 2.27. The minimum atomic E-state index is 0.0892. The molecule has 2 aliphatic rings. The zero-order valence-electron chi connectivity index (χ0n) is 13.7. The second-order valence-corrected chi connectivity index (χ2v) is 6.69. The van der Waals surface area contributed by atoms with Crippen molar-refractivity contribution in [2.75, 3.05) is 7.05 Å². The van der Waals surface area contributed by atoms with Crippen LogP contribution in [0.4, 0.5) is 4.79 Å². The topological polar surface area (TPSA) is 63.1 Å². The molecule has 1 aliphatic carbocycles. The Morgan fingerprint density at radius 3 is 2.73 bits per heavy atom. The number of amides is 2. The summed E-state index contributed by atoms with van der Waals surface area (Å²) in [5.41, 5.74) is 0. The van der Waals surface area contributed by atoms with Crippen molar-refractivity contribution in [1.82, 2.24) is 25.0 Å². The average Bonchev–Trinajstić information content (AvgIpc) is 2.76. The molecule has 1 atom stereocenters. The number of carbonyl (C=O) groups is 1. The lowest BCUT2D eigenvalue weighted by Gasteiger charge is -2.30. The Morgan fingerprint density at radius 2 is 1.95 bits per heavy atom. The number of urea groups is 1. The van der Waals surface area contributed by atoms with E-state index in [9.17, 15) is 4.79 Å². The maximum absolute atomic E-state index is 12.5. The summed E-state index contributed by atoms with van der Waals surface area (Å²) >= 11 is 0. The van der Waals surface area contributed by atoms with Crippen molar-refractivity contribution in [3.63, 3.8) is 0 Å². The molecule has 22 heavy (non-hydrogen) atoms. The van der Waals surface area contributed by atoms with Gasteiger partial charge < -0.3 is 14.8 Å². The van der Waals surface area contributed by atoms with E-state index in [1.165, 1.54) is 19.3 Å². The summed E-state index contributed by atoms with van der Waals surface area (Å²) < 4.78 is 2.19. The molecule has 122 valence electrons. The highest BCUT2D eigenvalue weighted by Crippen LogP contribution is 2.20. The minimum absolute atomic E-state index is 0.0892. The standard InChI is InChI=1S/C16H27N5O/c1-12-18-19-15-9-8-14(10-11-21(12)15)20(2)16(22)17-13-6-4-3-5-7-13/h13-14H,3-11H2,1-2H3,(H,17,22). The molecule has 1 N–H and O–H groups in total. The van der Waals surface area contributed by atoms with Gasteiger partial charge in [0, 0.05) is 32.1 Å². The van der Waals surface area contributed by atoms with Crippen LogP contribution in [0.3, 0.4) is 0 Å². The smallest absolute Gasteiger partial charge is 0.317 e. The van der Waals surface area contributed by atoms with Crippen LogP contribution in [-0.4, -0.2) is 44.8 Å². The molecular formula is C16H27N5O. The van der Waals surface area contributed by atoms with E-state index in [-0.39, 0.29) is 12.1 Å². The van der Waals surface area contributed by atoms with E-state index in [0.29, 0.717) is 6.04 Å². The van der Waals surface area contributed by atoms with Crippen LogP contribution in [0.2, 0.25) is 0 Å². The molecule has 1 aromatic heterocycles. The van der Waals surface area contributed by atoms with Crippen molar-refractivity contribution in [3.05, 3.63) is 11.6 Å². The van der Waals surface area contributed by atoms with Gasteiger partial charge in [-0.25, -0.2) is 4.79 Å². The van der Waals surface area contributed by atoms with E-state index in [1.807, 2.05) is 18.9 Å². The van der Waals surface area contributed by atoms with E-state index in [4.69, 9.17) is 0 Å².